The number of nitrogens with zero attached hydrogens (tertiary/aromatic N) is 3. The molecule has 0 spiro atoms. The highest BCUT2D eigenvalue weighted by atomic mass is 32.2. The molecule has 9 heteroatoms. The summed E-state index contributed by atoms with van der Waals surface area (Å²) in [5.74, 6) is -0.263. The molecule has 27 heavy (non-hydrogen) atoms. The van der Waals surface area contributed by atoms with Crippen LogP contribution in [0.25, 0.3) is 0 Å². The summed E-state index contributed by atoms with van der Waals surface area (Å²) in [6, 6.07) is 12.0. The highest BCUT2D eigenvalue weighted by Gasteiger charge is 2.13. The van der Waals surface area contributed by atoms with Gasteiger partial charge in [0.25, 0.3) is 5.91 Å². The van der Waals surface area contributed by atoms with Crippen LogP contribution in [0.2, 0.25) is 0 Å². The zero-order valence-electron chi connectivity index (χ0n) is 14.4. The number of nitrogens with one attached hydrogen (secondary N) is 2. The Hall–Kier alpha value is -3.04. The van der Waals surface area contributed by atoms with E-state index >= 15 is 0 Å². The fourth-order valence-corrected chi connectivity index (χ4v) is 3.39. The molecule has 0 fully saturated rings. The van der Waals surface area contributed by atoms with E-state index in [-0.39, 0.29) is 23.9 Å². The van der Waals surface area contributed by atoms with E-state index in [0.717, 1.165) is 5.56 Å². The van der Waals surface area contributed by atoms with Gasteiger partial charge < -0.3 is 5.32 Å². The molecule has 0 bridgehead atoms. The number of pyridine rings is 1. The van der Waals surface area contributed by atoms with Gasteiger partial charge in [0.2, 0.25) is 10.0 Å². The Morgan fingerprint density at radius 2 is 1.85 bits per heavy atom. The molecule has 0 aliphatic carbocycles. The van der Waals surface area contributed by atoms with Crippen molar-refractivity contribution < 1.29 is 13.2 Å². The van der Waals surface area contributed by atoms with Crippen molar-refractivity contribution in [2.24, 2.45) is 0 Å². The van der Waals surface area contributed by atoms with Gasteiger partial charge in [-0.05, 0) is 35.9 Å². The van der Waals surface area contributed by atoms with Gasteiger partial charge in [-0.1, -0.05) is 12.1 Å². The van der Waals surface area contributed by atoms with E-state index in [1.807, 2.05) is 24.4 Å². The topological polar surface area (TPSA) is 106 Å². The Morgan fingerprint density at radius 1 is 1.04 bits per heavy atom. The summed E-state index contributed by atoms with van der Waals surface area (Å²) < 4.78 is 28.3. The lowest BCUT2D eigenvalue weighted by molar-refractivity contribution is 0.0954. The van der Waals surface area contributed by atoms with Crippen LogP contribution >= 0.6 is 0 Å². The quantitative estimate of drug-likeness (QED) is 0.564. The van der Waals surface area contributed by atoms with Gasteiger partial charge >= 0.3 is 0 Å². The van der Waals surface area contributed by atoms with E-state index in [4.69, 9.17) is 0 Å². The molecule has 3 aromatic rings. The molecule has 2 aromatic heterocycles. The van der Waals surface area contributed by atoms with Gasteiger partial charge in [0, 0.05) is 43.4 Å². The molecule has 0 saturated heterocycles. The molecule has 0 unspecified atom stereocenters. The predicted molar refractivity (Wildman–Crippen MR) is 99.5 cm³/mol. The molecule has 0 aliphatic rings. The van der Waals surface area contributed by atoms with Gasteiger partial charge in [0.1, 0.15) is 4.90 Å². The van der Waals surface area contributed by atoms with Crippen LogP contribution in [0.1, 0.15) is 15.9 Å². The van der Waals surface area contributed by atoms with Gasteiger partial charge in [0.05, 0.1) is 6.54 Å². The van der Waals surface area contributed by atoms with Gasteiger partial charge in [-0.25, -0.2) is 13.1 Å². The first-order chi connectivity index (χ1) is 13.0. The Bertz CT molecular complexity index is 972. The summed E-state index contributed by atoms with van der Waals surface area (Å²) in [5.41, 5.74) is 1.54. The largest absolute Gasteiger partial charge is 0.351 e. The van der Waals surface area contributed by atoms with Crippen LogP contribution in [0.4, 0.5) is 0 Å². The molecule has 0 saturated carbocycles. The molecule has 2 N–H and O–H groups in total. The number of benzene rings is 1. The fourth-order valence-electron chi connectivity index (χ4n) is 2.40. The number of hydrogen-bond donors (Lipinski definition) is 2. The van der Waals surface area contributed by atoms with Crippen LogP contribution in [-0.4, -0.2) is 42.2 Å². The molecule has 0 aliphatic heterocycles. The van der Waals surface area contributed by atoms with Crippen molar-refractivity contribution in [3.8, 4) is 0 Å². The van der Waals surface area contributed by atoms with E-state index in [2.05, 4.69) is 20.1 Å². The lowest BCUT2D eigenvalue weighted by atomic mass is 10.1. The fraction of sp³-hybridized carbons (Fsp3) is 0.167. The van der Waals surface area contributed by atoms with E-state index in [0.29, 0.717) is 12.1 Å². The van der Waals surface area contributed by atoms with Gasteiger partial charge in [-0.3, -0.25) is 14.5 Å². The maximum absolute atomic E-state index is 12.2. The average Bonchev–Trinajstić information content (AvgIpc) is 3.19. The summed E-state index contributed by atoms with van der Waals surface area (Å²) in [6.45, 7) is 0.888. The minimum atomic E-state index is -3.63. The standard InChI is InChI=1S/C18H19N5O3S/c24-18(16-6-4-15(5-7-16)14-23-12-2-9-21-23)20-10-11-22-27(25,26)17-3-1-8-19-13-17/h1-9,12-13,22H,10-11,14H2,(H,20,24). The number of amides is 1. The lowest BCUT2D eigenvalue weighted by Crippen LogP contribution is -2.34. The van der Waals surface area contributed by atoms with Crippen LogP contribution in [0.5, 0.6) is 0 Å². The number of hydrogen-bond acceptors (Lipinski definition) is 5. The monoisotopic (exact) mass is 385 g/mol. The minimum Gasteiger partial charge on any atom is -0.351 e. The van der Waals surface area contributed by atoms with Crippen LogP contribution in [0.3, 0.4) is 0 Å². The molecular weight excluding hydrogens is 366 g/mol. The van der Waals surface area contributed by atoms with Gasteiger partial charge in [-0.2, -0.15) is 5.10 Å². The smallest absolute Gasteiger partial charge is 0.251 e. The zero-order chi connectivity index (χ0) is 19.1. The Kier molecular flexibility index (Phi) is 5.94. The van der Waals surface area contributed by atoms with Gasteiger partial charge in [-0.15, -0.1) is 0 Å². The first-order valence-corrected chi connectivity index (χ1v) is 9.77. The second kappa shape index (κ2) is 8.56. The normalized spacial score (nSPS) is 11.3. The number of carbonyl (C=O) groups excluding carboxylic acids is 1. The molecule has 3 rings (SSSR count). The van der Waals surface area contributed by atoms with Crippen molar-refractivity contribution in [1.29, 1.82) is 0 Å². The zero-order valence-corrected chi connectivity index (χ0v) is 15.3. The first-order valence-electron chi connectivity index (χ1n) is 8.29. The number of rotatable bonds is 8. The van der Waals surface area contributed by atoms with Crippen LogP contribution < -0.4 is 10.0 Å². The molecular formula is C18H19N5O3S. The van der Waals surface area contributed by atoms with Crippen LogP contribution in [0, 0.1) is 0 Å². The molecule has 1 aromatic carbocycles. The summed E-state index contributed by atoms with van der Waals surface area (Å²) in [4.78, 5) is 16.0. The summed E-state index contributed by atoms with van der Waals surface area (Å²) in [6.07, 6.45) is 6.35. The highest BCUT2D eigenvalue weighted by Crippen LogP contribution is 2.07. The van der Waals surface area contributed by atoms with Crippen molar-refractivity contribution in [1.82, 2.24) is 24.8 Å². The second-order valence-electron chi connectivity index (χ2n) is 5.74. The van der Waals surface area contributed by atoms with E-state index in [1.54, 1.807) is 29.1 Å². The van der Waals surface area contributed by atoms with Crippen molar-refractivity contribution in [2.45, 2.75) is 11.4 Å². The third-order valence-electron chi connectivity index (χ3n) is 3.77. The average molecular weight is 385 g/mol. The maximum atomic E-state index is 12.2. The van der Waals surface area contributed by atoms with Crippen molar-refractivity contribution >= 4 is 15.9 Å². The first kappa shape index (κ1) is 18.7. The van der Waals surface area contributed by atoms with Gasteiger partial charge in [0.15, 0.2) is 0 Å². The van der Waals surface area contributed by atoms with E-state index in [1.165, 1.54) is 18.5 Å². The summed E-state index contributed by atoms with van der Waals surface area (Å²) in [5, 5.41) is 6.83. The molecule has 1 amide bonds. The summed E-state index contributed by atoms with van der Waals surface area (Å²) in [7, 11) is -3.63. The SMILES string of the molecule is O=C(NCCNS(=O)(=O)c1cccnc1)c1ccc(Cn2cccn2)cc1. The lowest BCUT2D eigenvalue weighted by Gasteiger charge is -2.08. The van der Waals surface area contributed by atoms with Crippen molar-refractivity contribution in [2.75, 3.05) is 13.1 Å². The number of aromatic nitrogens is 3. The third kappa shape index (κ3) is 5.22. The molecule has 8 nitrogen and oxygen atoms in total. The Morgan fingerprint density at radius 3 is 2.52 bits per heavy atom. The molecule has 0 atom stereocenters. The van der Waals surface area contributed by atoms with E-state index in [9.17, 15) is 13.2 Å². The third-order valence-corrected chi connectivity index (χ3v) is 5.21. The number of sulfonamides is 1. The Labute approximate surface area is 157 Å². The predicted octanol–water partition coefficient (Wildman–Crippen LogP) is 1.03. The maximum Gasteiger partial charge on any atom is 0.251 e. The highest BCUT2D eigenvalue weighted by molar-refractivity contribution is 7.89. The summed E-state index contributed by atoms with van der Waals surface area (Å²) >= 11 is 0. The number of carbonyl (C=O) groups is 1. The Balaban J connectivity index is 1.46. The molecule has 2 heterocycles. The van der Waals surface area contributed by atoms with Crippen molar-refractivity contribution in [3.63, 3.8) is 0 Å². The molecule has 140 valence electrons. The minimum absolute atomic E-state index is 0.0837. The molecule has 0 radical (unpaired) electrons. The van der Waals surface area contributed by atoms with E-state index < -0.39 is 10.0 Å². The van der Waals surface area contributed by atoms with Crippen LogP contribution in [-0.2, 0) is 16.6 Å². The van der Waals surface area contributed by atoms with Crippen molar-refractivity contribution in [3.05, 3.63) is 78.4 Å². The van der Waals surface area contributed by atoms with Crippen LogP contribution in [0.15, 0.2) is 72.1 Å². The second-order valence-corrected chi connectivity index (χ2v) is 7.51.